The maximum absolute atomic E-state index is 11.6. The van der Waals surface area contributed by atoms with Crippen molar-refractivity contribution >= 4 is 5.91 Å². The molecule has 2 heterocycles. The van der Waals surface area contributed by atoms with Gasteiger partial charge in [-0.15, -0.1) is 0 Å². The van der Waals surface area contributed by atoms with Gasteiger partial charge in [-0.3, -0.25) is 4.79 Å². The van der Waals surface area contributed by atoms with Gasteiger partial charge in [0.15, 0.2) is 5.79 Å². The number of carbonyl (C=O) groups is 1. The second-order valence-corrected chi connectivity index (χ2v) is 5.04. The van der Waals surface area contributed by atoms with Gasteiger partial charge in [0.25, 0.3) is 0 Å². The summed E-state index contributed by atoms with van der Waals surface area (Å²) in [5.41, 5.74) is 0. The minimum Gasteiger partial charge on any atom is -0.383 e. The lowest BCUT2D eigenvalue weighted by atomic mass is 10.0. The molecule has 1 spiro atoms. The summed E-state index contributed by atoms with van der Waals surface area (Å²) in [6, 6.07) is 0. The first-order valence-electron chi connectivity index (χ1n) is 7.00. The molecule has 2 fully saturated rings. The smallest absolute Gasteiger partial charge is 0.221 e. The van der Waals surface area contributed by atoms with Crippen molar-refractivity contribution in [1.82, 2.24) is 10.2 Å². The summed E-state index contributed by atoms with van der Waals surface area (Å²) in [5, 5.41) is 2.83. The second-order valence-electron chi connectivity index (χ2n) is 5.04. The first kappa shape index (κ1) is 14.7. The van der Waals surface area contributed by atoms with E-state index in [-0.39, 0.29) is 11.7 Å². The molecule has 0 atom stereocenters. The number of amides is 1. The number of carbonyl (C=O) groups excluding carboxylic acids is 1. The highest BCUT2D eigenvalue weighted by Gasteiger charge is 2.39. The SMILES string of the molecule is COCCNC(=O)CCN1CCC2(CC1)OCCO2. The second kappa shape index (κ2) is 7.19. The summed E-state index contributed by atoms with van der Waals surface area (Å²) in [6.07, 6.45) is 2.34. The molecular weight excluding hydrogens is 248 g/mol. The van der Waals surface area contributed by atoms with E-state index in [9.17, 15) is 4.79 Å². The predicted molar refractivity (Wildman–Crippen MR) is 69.8 cm³/mol. The summed E-state index contributed by atoms with van der Waals surface area (Å²) >= 11 is 0. The van der Waals surface area contributed by atoms with Crippen LogP contribution in [0.2, 0.25) is 0 Å². The molecule has 1 N–H and O–H groups in total. The van der Waals surface area contributed by atoms with Crippen LogP contribution in [0.4, 0.5) is 0 Å². The molecule has 0 aromatic heterocycles. The van der Waals surface area contributed by atoms with Crippen molar-refractivity contribution in [1.29, 1.82) is 0 Å². The lowest BCUT2D eigenvalue weighted by Gasteiger charge is -2.37. The van der Waals surface area contributed by atoms with Crippen molar-refractivity contribution in [2.24, 2.45) is 0 Å². The van der Waals surface area contributed by atoms with Crippen molar-refractivity contribution in [3.05, 3.63) is 0 Å². The highest BCUT2D eigenvalue weighted by atomic mass is 16.7. The fraction of sp³-hybridized carbons (Fsp3) is 0.923. The fourth-order valence-electron chi connectivity index (χ4n) is 2.54. The van der Waals surface area contributed by atoms with Crippen molar-refractivity contribution in [3.8, 4) is 0 Å². The number of hydrogen-bond donors (Lipinski definition) is 1. The Balaban J connectivity index is 1.59. The highest BCUT2D eigenvalue weighted by Crippen LogP contribution is 2.31. The lowest BCUT2D eigenvalue weighted by molar-refractivity contribution is -0.185. The summed E-state index contributed by atoms with van der Waals surface area (Å²) in [7, 11) is 1.63. The van der Waals surface area contributed by atoms with E-state index in [0.717, 1.165) is 32.5 Å². The summed E-state index contributed by atoms with van der Waals surface area (Å²) in [5.74, 6) is -0.234. The average Bonchev–Trinajstić information content (AvgIpc) is 2.87. The molecule has 0 saturated carbocycles. The molecule has 2 aliphatic heterocycles. The largest absolute Gasteiger partial charge is 0.383 e. The molecule has 0 aromatic carbocycles. The van der Waals surface area contributed by atoms with E-state index >= 15 is 0 Å². The topological polar surface area (TPSA) is 60.0 Å². The van der Waals surface area contributed by atoms with Crippen molar-refractivity contribution < 1.29 is 19.0 Å². The number of likely N-dealkylation sites (tertiary alicyclic amines) is 1. The molecule has 110 valence electrons. The van der Waals surface area contributed by atoms with Gasteiger partial charge in [0.2, 0.25) is 5.91 Å². The average molecular weight is 272 g/mol. The van der Waals surface area contributed by atoms with Gasteiger partial charge in [0, 0.05) is 52.6 Å². The van der Waals surface area contributed by atoms with Crippen LogP contribution < -0.4 is 5.32 Å². The van der Waals surface area contributed by atoms with Gasteiger partial charge >= 0.3 is 0 Å². The van der Waals surface area contributed by atoms with Crippen LogP contribution in [0.15, 0.2) is 0 Å². The first-order valence-corrected chi connectivity index (χ1v) is 7.00. The number of methoxy groups -OCH3 is 1. The van der Waals surface area contributed by atoms with E-state index in [1.807, 2.05) is 0 Å². The van der Waals surface area contributed by atoms with Crippen molar-refractivity contribution in [3.63, 3.8) is 0 Å². The maximum atomic E-state index is 11.6. The van der Waals surface area contributed by atoms with Crippen LogP contribution in [0, 0.1) is 0 Å². The maximum Gasteiger partial charge on any atom is 0.221 e. The van der Waals surface area contributed by atoms with Crippen LogP contribution in [0.25, 0.3) is 0 Å². The highest BCUT2D eigenvalue weighted by molar-refractivity contribution is 5.76. The predicted octanol–water partition coefficient (Wildman–Crippen LogP) is -0.0220. The van der Waals surface area contributed by atoms with E-state index in [2.05, 4.69) is 10.2 Å². The molecule has 1 amide bonds. The number of nitrogens with one attached hydrogen (secondary N) is 1. The number of rotatable bonds is 6. The molecule has 2 saturated heterocycles. The molecule has 6 nitrogen and oxygen atoms in total. The fourth-order valence-corrected chi connectivity index (χ4v) is 2.54. The molecule has 0 unspecified atom stereocenters. The van der Waals surface area contributed by atoms with Crippen molar-refractivity contribution in [2.75, 3.05) is 53.1 Å². The summed E-state index contributed by atoms with van der Waals surface area (Å²) < 4.78 is 16.2. The number of nitrogens with zero attached hydrogens (tertiary/aromatic N) is 1. The van der Waals surface area contributed by atoms with Gasteiger partial charge in [-0.2, -0.15) is 0 Å². The van der Waals surface area contributed by atoms with E-state index in [4.69, 9.17) is 14.2 Å². The third-order valence-corrected chi connectivity index (χ3v) is 3.71. The standard InChI is InChI=1S/C13H24N2O4/c1-17-9-5-14-12(16)2-6-15-7-3-13(4-8-15)18-10-11-19-13/h2-11H2,1H3,(H,14,16). The molecule has 19 heavy (non-hydrogen) atoms. The minimum absolute atomic E-state index is 0.0886. The van der Waals surface area contributed by atoms with Crippen LogP contribution >= 0.6 is 0 Å². The number of hydrogen-bond acceptors (Lipinski definition) is 5. The van der Waals surface area contributed by atoms with Crippen LogP contribution in [0.5, 0.6) is 0 Å². The Kier molecular flexibility index (Phi) is 5.57. The molecule has 0 aliphatic carbocycles. The van der Waals surface area contributed by atoms with Crippen molar-refractivity contribution in [2.45, 2.75) is 25.0 Å². The van der Waals surface area contributed by atoms with Gasteiger partial charge in [-0.05, 0) is 0 Å². The first-order chi connectivity index (χ1) is 9.24. The minimum atomic E-state index is -0.322. The van der Waals surface area contributed by atoms with Gasteiger partial charge in [0.1, 0.15) is 0 Å². The summed E-state index contributed by atoms with van der Waals surface area (Å²) in [4.78, 5) is 13.9. The number of piperidine rings is 1. The quantitative estimate of drug-likeness (QED) is 0.689. The number of ether oxygens (including phenoxy) is 3. The Bertz CT molecular complexity index is 282. The molecule has 0 bridgehead atoms. The Morgan fingerprint density at radius 3 is 2.63 bits per heavy atom. The molecule has 0 radical (unpaired) electrons. The third-order valence-electron chi connectivity index (χ3n) is 3.71. The molecular formula is C13H24N2O4. The Labute approximate surface area is 114 Å². The Morgan fingerprint density at radius 2 is 2.00 bits per heavy atom. The van der Waals surface area contributed by atoms with Crippen LogP contribution in [-0.2, 0) is 19.0 Å². The van der Waals surface area contributed by atoms with Gasteiger partial charge < -0.3 is 24.4 Å². The van der Waals surface area contributed by atoms with Crippen LogP contribution in [-0.4, -0.2) is 69.7 Å². The Morgan fingerprint density at radius 1 is 1.32 bits per heavy atom. The molecule has 2 rings (SSSR count). The Hall–Kier alpha value is -0.690. The van der Waals surface area contributed by atoms with Crippen LogP contribution in [0.3, 0.4) is 0 Å². The van der Waals surface area contributed by atoms with Crippen LogP contribution in [0.1, 0.15) is 19.3 Å². The molecule has 6 heteroatoms. The zero-order valence-corrected chi connectivity index (χ0v) is 11.7. The zero-order chi connectivity index (χ0) is 13.6. The van der Waals surface area contributed by atoms with Gasteiger partial charge in [-0.25, -0.2) is 0 Å². The van der Waals surface area contributed by atoms with Gasteiger partial charge in [-0.1, -0.05) is 0 Å². The third kappa shape index (κ3) is 4.42. The van der Waals surface area contributed by atoms with E-state index in [0.29, 0.717) is 32.8 Å². The monoisotopic (exact) mass is 272 g/mol. The van der Waals surface area contributed by atoms with Gasteiger partial charge in [0.05, 0.1) is 19.8 Å². The molecule has 2 aliphatic rings. The lowest BCUT2D eigenvalue weighted by Crippen LogP contribution is -2.46. The normalized spacial score (nSPS) is 22.8. The summed E-state index contributed by atoms with van der Waals surface area (Å²) in [6.45, 7) is 5.24. The molecule has 0 aromatic rings. The van der Waals surface area contributed by atoms with E-state index in [1.54, 1.807) is 7.11 Å². The zero-order valence-electron chi connectivity index (χ0n) is 11.7. The van der Waals surface area contributed by atoms with E-state index < -0.39 is 0 Å². The van der Waals surface area contributed by atoms with E-state index in [1.165, 1.54) is 0 Å².